The van der Waals surface area contributed by atoms with Crippen molar-refractivity contribution in [3.8, 4) is 0 Å². The maximum atomic E-state index is 12.3. The van der Waals surface area contributed by atoms with Gasteiger partial charge < -0.3 is 10.1 Å². The quantitative estimate of drug-likeness (QED) is 0.748. The number of carbonyl (C=O) groups excluding carboxylic acids is 2. The zero-order valence-corrected chi connectivity index (χ0v) is 17.4. The summed E-state index contributed by atoms with van der Waals surface area (Å²) in [5.41, 5.74) is 0.965. The van der Waals surface area contributed by atoms with Crippen molar-refractivity contribution in [1.82, 2.24) is 9.62 Å². The van der Waals surface area contributed by atoms with Crippen LogP contribution in [0.1, 0.15) is 10.4 Å². The van der Waals surface area contributed by atoms with Gasteiger partial charge in [-0.1, -0.05) is 11.6 Å². The zero-order chi connectivity index (χ0) is 21.2. The number of benzene rings is 2. The Balaban J connectivity index is 1.58. The Hall–Kier alpha value is -2.62. The van der Waals surface area contributed by atoms with Crippen molar-refractivity contribution in [3.05, 3.63) is 59.1 Å². The number of anilines is 1. The van der Waals surface area contributed by atoms with E-state index in [1.807, 2.05) is 0 Å². The third-order valence-electron chi connectivity index (χ3n) is 4.40. The third-order valence-corrected chi connectivity index (χ3v) is 6.48. The second-order valence-electron chi connectivity index (χ2n) is 6.61. The normalized spacial score (nSPS) is 16.8. The molecule has 1 aliphatic rings. The third kappa shape index (κ3) is 4.69. The minimum absolute atomic E-state index is 0.0994. The minimum atomic E-state index is -3.56. The van der Waals surface area contributed by atoms with E-state index in [1.54, 1.807) is 24.3 Å². The Morgan fingerprint density at radius 1 is 1.17 bits per heavy atom. The topological polar surface area (TPSA) is 96.0 Å². The van der Waals surface area contributed by atoms with Crippen molar-refractivity contribution >= 4 is 39.3 Å². The minimum Gasteiger partial charge on any atom is -0.442 e. The van der Waals surface area contributed by atoms with Crippen molar-refractivity contribution < 1.29 is 22.7 Å². The zero-order valence-electron chi connectivity index (χ0n) is 15.8. The summed E-state index contributed by atoms with van der Waals surface area (Å²) in [5.74, 6) is -0.389. The predicted octanol–water partition coefficient (Wildman–Crippen LogP) is 2.35. The Morgan fingerprint density at radius 2 is 1.79 bits per heavy atom. The Labute approximate surface area is 174 Å². The fourth-order valence-corrected chi connectivity index (χ4v) is 3.79. The van der Waals surface area contributed by atoms with Crippen LogP contribution < -0.4 is 10.2 Å². The molecule has 1 fully saturated rings. The number of halogens is 1. The Bertz CT molecular complexity index is 1010. The van der Waals surface area contributed by atoms with Crippen molar-refractivity contribution in [1.29, 1.82) is 0 Å². The van der Waals surface area contributed by atoms with E-state index >= 15 is 0 Å². The molecule has 2 amide bonds. The molecule has 2 aromatic rings. The first kappa shape index (κ1) is 21.1. The van der Waals surface area contributed by atoms with Gasteiger partial charge in [-0.25, -0.2) is 17.5 Å². The standard InChI is InChI=1S/C19H20ClN3O5S/c1-22(2)29(26,27)17-9-3-13(4-10-17)18(24)21-11-16-12-23(19(25)28-16)15-7-5-14(20)6-8-15/h3-10,16H,11-12H2,1-2H3,(H,21,24). The molecule has 2 aromatic carbocycles. The van der Waals surface area contributed by atoms with Crippen LogP contribution in [-0.2, 0) is 14.8 Å². The monoisotopic (exact) mass is 437 g/mol. The molecule has 0 bridgehead atoms. The maximum absolute atomic E-state index is 12.3. The first-order valence-electron chi connectivity index (χ1n) is 8.73. The molecule has 0 saturated carbocycles. The average Bonchev–Trinajstić information content (AvgIpc) is 3.07. The van der Waals surface area contributed by atoms with Crippen LogP contribution in [0.4, 0.5) is 10.5 Å². The number of carbonyl (C=O) groups is 2. The van der Waals surface area contributed by atoms with E-state index in [0.29, 0.717) is 22.8 Å². The lowest BCUT2D eigenvalue weighted by atomic mass is 10.2. The van der Waals surface area contributed by atoms with E-state index in [4.69, 9.17) is 16.3 Å². The van der Waals surface area contributed by atoms with E-state index in [0.717, 1.165) is 4.31 Å². The molecule has 0 radical (unpaired) electrons. The van der Waals surface area contributed by atoms with Crippen molar-refractivity contribution in [2.75, 3.05) is 32.1 Å². The number of nitrogens with one attached hydrogen (secondary N) is 1. The van der Waals surface area contributed by atoms with Crippen LogP contribution in [0.25, 0.3) is 0 Å². The number of nitrogens with zero attached hydrogens (tertiary/aromatic N) is 2. The number of amides is 2. The second kappa shape index (κ2) is 8.40. The number of rotatable bonds is 6. The first-order chi connectivity index (χ1) is 13.7. The molecule has 10 heteroatoms. The van der Waals surface area contributed by atoms with Crippen LogP contribution in [0.2, 0.25) is 5.02 Å². The molecule has 29 heavy (non-hydrogen) atoms. The molecule has 8 nitrogen and oxygen atoms in total. The molecule has 3 rings (SSSR count). The van der Waals surface area contributed by atoms with E-state index in [-0.39, 0.29) is 17.3 Å². The van der Waals surface area contributed by atoms with Gasteiger partial charge in [0.15, 0.2) is 0 Å². The SMILES string of the molecule is CN(C)S(=O)(=O)c1ccc(C(=O)NCC2CN(c3ccc(Cl)cc3)C(=O)O2)cc1. The molecule has 1 atom stereocenters. The molecule has 0 aromatic heterocycles. The lowest BCUT2D eigenvalue weighted by Crippen LogP contribution is -2.34. The molecular weight excluding hydrogens is 418 g/mol. The van der Waals surface area contributed by atoms with Gasteiger partial charge in [0.1, 0.15) is 6.10 Å². The molecule has 0 spiro atoms. The van der Waals surface area contributed by atoms with Crippen LogP contribution in [0, 0.1) is 0 Å². The number of ether oxygens (including phenoxy) is 1. The number of hydrogen-bond acceptors (Lipinski definition) is 5. The smallest absolute Gasteiger partial charge is 0.414 e. The molecule has 1 unspecified atom stereocenters. The first-order valence-corrected chi connectivity index (χ1v) is 10.5. The lowest BCUT2D eigenvalue weighted by Gasteiger charge is -2.13. The summed E-state index contributed by atoms with van der Waals surface area (Å²) in [4.78, 5) is 26.0. The highest BCUT2D eigenvalue weighted by atomic mass is 35.5. The molecule has 1 heterocycles. The summed E-state index contributed by atoms with van der Waals surface area (Å²) in [7, 11) is -0.682. The molecular formula is C19H20ClN3O5S. The van der Waals surface area contributed by atoms with Gasteiger partial charge in [0.05, 0.1) is 18.0 Å². The maximum Gasteiger partial charge on any atom is 0.414 e. The summed E-state index contributed by atoms with van der Waals surface area (Å²) in [6, 6.07) is 12.4. The molecule has 154 valence electrons. The van der Waals surface area contributed by atoms with Crippen molar-refractivity contribution in [2.45, 2.75) is 11.0 Å². The van der Waals surface area contributed by atoms with Gasteiger partial charge in [-0.15, -0.1) is 0 Å². The Morgan fingerprint density at radius 3 is 2.38 bits per heavy atom. The Kier molecular flexibility index (Phi) is 6.11. The van der Waals surface area contributed by atoms with Gasteiger partial charge in [0, 0.05) is 30.4 Å². The predicted molar refractivity (Wildman–Crippen MR) is 109 cm³/mol. The molecule has 1 saturated heterocycles. The van der Waals surface area contributed by atoms with E-state index in [1.165, 1.54) is 43.3 Å². The van der Waals surface area contributed by atoms with E-state index < -0.39 is 22.2 Å². The van der Waals surface area contributed by atoms with Crippen LogP contribution >= 0.6 is 11.6 Å². The highest BCUT2D eigenvalue weighted by Crippen LogP contribution is 2.23. The second-order valence-corrected chi connectivity index (χ2v) is 9.20. The summed E-state index contributed by atoms with van der Waals surface area (Å²) in [6.07, 6.45) is -1.000. The lowest BCUT2D eigenvalue weighted by molar-refractivity contribution is 0.0916. The van der Waals surface area contributed by atoms with Gasteiger partial charge in [0.25, 0.3) is 5.91 Å². The summed E-state index contributed by atoms with van der Waals surface area (Å²) in [6.45, 7) is 0.424. The fourth-order valence-electron chi connectivity index (χ4n) is 2.76. The highest BCUT2D eigenvalue weighted by molar-refractivity contribution is 7.89. The summed E-state index contributed by atoms with van der Waals surface area (Å²) in [5, 5.41) is 3.26. The van der Waals surface area contributed by atoms with Crippen molar-refractivity contribution in [3.63, 3.8) is 0 Å². The number of sulfonamides is 1. The molecule has 1 aliphatic heterocycles. The van der Waals surface area contributed by atoms with Gasteiger partial charge in [-0.05, 0) is 48.5 Å². The van der Waals surface area contributed by atoms with Gasteiger partial charge in [0.2, 0.25) is 10.0 Å². The van der Waals surface area contributed by atoms with Crippen LogP contribution in [0.3, 0.4) is 0 Å². The molecule has 0 aliphatic carbocycles. The van der Waals surface area contributed by atoms with Crippen molar-refractivity contribution in [2.24, 2.45) is 0 Å². The van der Waals surface area contributed by atoms with Crippen LogP contribution in [-0.4, -0.2) is 58.0 Å². The largest absolute Gasteiger partial charge is 0.442 e. The van der Waals surface area contributed by atoms with Gasteiger partial charge in [-0.3, -0.25) is 9.69 Å². The fraction of sp³-hybridized carbons (Fsp3) is 0.263. The number of cyclic esters (lactones) is 1. The number of hydrogen-bond donors (Lipinski definition) is 1. The van der Waals surface area contributed by atoms with Gasteiger partial charge in [-0.2, -0.15) is 0 Å². The van der Waals surface area contributed by atoms with Crippen LogP contribution in [0.15, 0.2) is 53.4 Å². The highest BCUT2D eigenvalue weighted by Gasteiger charge is 2.32. The van der Waals surface area contributed by atoms with Crippen LogP contribution in [0.5, 0.6) is 0 Å². The summed E-state index contributed by atoms with van der Waals surface area (Å²) >= 11 is 5.86. The average molecular weight is 438 g/mol. The summed E-state index contributed by atoms with van der Waals surface area (Å²) < 4.78 is 30.5. The van der Waals surface area contributed by atoms with Gasteiger partial charge >= 0.3 is 6.09 Å². The van der Waals surface area contributed by atoms with E-state index in [2.05, 4.69) is 5.32 Å². The van der Waals surface area contributed by atoms with E-state index in [9.17, 15) is 18.0 Å². The molecule has 1 N–H and O–H groups in total.